The molecule has 0 fully saturated rings. The minimum atomic E-state index is 0.294. The molecule has 0 aliphatic carbocycles. The third-order valence-corrected chi connectivity index (χ3v) is 3.20. The molecule has 0 N–H and O–H groups in total. The SMILES string of the molecule is CC(C)CC(C)n1c(Cl)nnc1-c1ccccc1. The number of hydrogen-bond acceptors (Lipinski definition) is 2. The van der Waals surface area contributed by atoms with Gasteiger partial charge in [-0.05, 0) is 30.9 Å². The highest BCUT2D eigenvalue weighted by molar-refractivity contribution is 6.28. The summed E-state index contributed by atoms with van der Waals surface area (Å²) in [5.41, 5.74) is 1.05. The van der Waals surface area contributed by atoms with E-state index in [2.05, 4.69) is 31.0 Å². The normalized spacial score (nSPS) is 12.9. The molecule has 0 saturated carbocycles. The second-order valence-electron chi connectivity index (χ2n) is 5.01. The van der Waals surface area contributed by atoms with E-state index in [0.717, 1.165) is 17.8 Å². The van der Waals surface area contributed by atoms with Gasteiger partial charge in [-0.3, -0.25) is 4.57 Å². The first kappa shape index (κ1) is 13.1. The fraction of sp³-hybridized carbons (Fsp3) is 0.429. The molecule has 2 rings (SSSR count). The molecule has 1 heterocycles. The predicted octanol–water partition coefficient (Wildman–Crippen LogP) is 4.21. The molecular formula is C14H18ClN3. The Balaban J connectivity index is 2.39. The van der Waals surface area contributed by atoms with Crippen molar-refractivity contribution in [2.75, 3.05) is 0 Å². The molecule has 18 heavy (non-hydrogen) atoms. The molecule has 0 bridgehead atoms. The zero-order chi connectivity index (χ0) is 13.1. The highest BCUT2D eigenvalue weighted by Gasteiger charge is 2.18. The van der Waals surface area contributed by atoms with Gasteiger partial charge in [-0.2, -0.15) is 0 Å². The summed E-state index contributed by atoms with van der Waals surface area (Å²) in [6.45, 7) is 6.57. The van der Waals surface area contributed by atoms with Crippen molar-refractivity contribution in [2.45, 2.75) is 33.2 Å². The molecule has 0 aliphatic heterocycles. The van der Waals surface area contributed by atoms with Crippen molar-refractivity contribution in [3.8, 4) is 11.4 Å². The van der Waals surface area contributed by atoms with Crippen LogP contribution in [0, 0.1) is 5.92 Å². The van der Waals surface area contributed by atoms with E-state index >= 15 is 0 Å². The first-order valence-corrected chi connectivity index (χ1v) is 6.63. The van der Waals surface area contributed by atoms with Gasteiger partial charge < -0.3 is 0 Å². The van der Waals surface area contributed by atoms with E-state index in [9.17, 15) is 0 Å². The smallest absolute Gasteiger partial charge is 0.225 e. The lowest BCUT2D eigenvalue weighted by Crippen LogP contribution is -2.10. The van der Waals surface area contributed by atoms with Crippen LogP contribution in [0.4, 0.5) is 0 Å². The Morgan fingerprint density at radius 1 is 1.11 bits per heavy atom. The molecule has 0 saturated heterocycles. The molecule has 0 spiro atoms. The van der Waals surface area contributed by atoms with E-state index in [1.165, 1.54) is 0 Å². The average molecular weight is 264 g/mol. The van der Waals surface area contributed by atoms with Gasteiger partial charge in [-0.15, -0.1) is 10.2 Å². The second-order valence-corrected chi connectivity index (χ2v) is 5.35. The summed E-state index contributed by atoms with van der Waals surface area (Å²) in [5.74, 6) is 1.45. The minimum Gasteiger partial charge on any atom is -0.295 e. The molecule has 0 radical (unpaired) electrons. The Bertz CT molecular complexity index is 505. The summed E-state index contributed by atoms with van der Waals surface area (Å²) in [4.78, 5) is 0. The van der Waals surface area contributed by atoms with E-state index in [-0.39, 0.29) is 0 Å². The van der Waals surface area contributed by atoms with Crippen LogP contribution in [-0.2, 0) is 0 Å². The van der Waals surface area contributed by atoms with Crippen LogP contribution in [0.5, 0.6) is 0 Å². The molecule has 1 unspecified atom stereocenters. The van der Waals surface area contributed by atoms with Crippen LogP contribution in [-0.4, -0.2) is 14.8 Å². The Morgan fingerprint density at radius 2 is 1.78 bits per heavy atom. The zero-order valence-electron chi connectivity index (χ0n) is 11.0. The van der Waals surface area contributed by atoms with Crippen LogP contribution in [0.3, 0.4) is 0 Å². The summed E-state index contributed by atoms with van der Waals surface area (Å²) < 4.78 is 2.01. The maximum Gasteiger partial charge on any atom is 0.225 e. The maximum absolute atomic E-state index is 6.16. The van der Waals surface area contributed by atoms with Gasteiger partial charge in [0.15, 0.2) is 5.82 Å². The molecule has 1 aromatic carbocycles. The third kappa shape index (κ3) is 2.72. The largest absolute Gasteiger partial charge is 0.295 e. The monoisotopic (exact) mass is 263 g/mol. The van der Waals surface area contributed by atoms with Crippen LogP contribution in [0.25, 0.3) is 11.4 Å². The molecule has 96 valence electrons. The van der Waals surface area contributed by atoms with E-state index < -0.39 is 0 Å². The fourth-order valence-corrected chi connectivity index (χ4v) is 2.52. The zero-order valence-corrected chi connectivity index (χ0v) is 11.7. The van der Waals surface area contributed by atoms with Crippen LogP contribution >= 0.6 is 11.6 Å². The van der Waals surface area contributed by atoms with E-state index in [1.807, 2.05) is 34.9 Å². The lowest BCUT2D eigenvalue weighted by Gasteiger charge is -2.18. The third-order valence-electron chi connectivity index (χ3n) is 2.94. The predicted molar refractivity (Wildman–Crippen MR) is 74.6 cm³/mol. The van der Waals surface area contributed by atoms with Gasteiger partial charge in [0.25, 0.3) is 0 Å². The standard InChI is InChI=1S/C14H18ClN3/c1-10(2)9-11(3)18-13(16-17-14(18)15)12-7-5-4-6-8-12/h4-8,10-11H,9H2,1-3H3. The lowest BCUT2D eigenvalue weighted by molar-refractivity contribution is 0.430. The number of hydrogen-bond donors (Lipinski definition) is 0. The maximum atomic E-state index is 6.16. The lowest BCUT2D eigenvalue weighted by atomic mass is 10.0. The highest BCUT2D eigenvalue weighted by Crippen LogP contribution is 2.27. The summed E-state index contributed by atoms with van der Waals surface area (Å²) in [6, 6.07) is 10.3. The van der Waals surface area contributed by atoms with Crippen LogP contribution in [0.1, 0.15) is 33.2 Å². The van der Waals surface area contributed by atoms with E-state index in [4.69, 9.17) is 11.6 Å². The van der Waals surface area contributed by atoms with Gasteiger partial charge in [0.1, 0.15) is 0 Å². The Hall–Kier alpha value is -1.35. The van der Waals surface area contributed by atoms with Gasteiger partial charge >= 0.3 is 0 Å². The quantitative estimate of drug-likeness (QED) is 0.827. The number of halogens is 1. The van der Waals surface area contributed by atoms with Gasteiger partial charge in [0.05, 0.1) is 0 Å². The van der Waals surface area contributed by atoms with E-state index in [1.54, 1.807) is 0 Å². The van der Waals surface area contributed by atoms with Crippen LogP contribution in [0.2, 0.25) is 5.28 Å². The van der Waals surface area contributed by atoms with Gasteiger partial charge in [0.2, 0.25) is 5.28 Å². The highest BCUT2D eigenvalue weighted by atomic mass is 35.5. The number of benzene rings is 1. The summed E-state index contributed by atoms with van der Waals surface area (Å²) in [7, 11) is 0. The van der Waals surface area contributed by atoms with Crippen molar-refractivity contribution in [3.63, 3.8) is 0 Å². The summed E-state index contributed by atoms with van der Waals surface area (Å²) in [6.07, 6.45) is 1.05. The molecule has 0 aliphatic rings. The minimum absolute atomic E-state index is 0.294. The summed E-state index contributed by atoms with van der Waals surface area (Å²) in [5, 5.41) is 8.66. The molecule has 3 nitrogen and oxygen atoms in total. The number of rotatable bonds is 4. The molecule has 1 atom stereocenters. The topological polar surface area (TPSA) is 30.7 Å². The Labute approximate surface area is 113 Å². The van der Waals surface area contributed by atoms with Crippen molar-refractivity contribution in [1.29, 1.82) is 0 Å². The van der Waals surface area contributed by atoms with Crippen molar-refractivity contribution < 1.29 is 0 Å². The van der Waals surface area contributed by atoms with Crippen molar-refractivity contribution >= 4 is 11.6 Å². The van der Waals surface area contributed by atoms with Crippen molar-refractivity contribution in [1.82, 2.24) is 14.8 Å². The van der Waals surface area contributed by atoms with Gasteiger partial charge in [0, 0.05) is 11.6 Å². The first-order valence-electron chi connectivity index (χ1n) is 6.25. The Morgan fingerprint density at radius 3 is 2.39 bits per heavy atom. The molecule has 4 heteroatoms. The first-order chi connectivity index (χ1) is 8.59. The number of aromatic nitrogens is 3. The average Bonchev–Trinajstić information content (AvgIpc) is 2.71. The van der Waals surface area contributed by atoms with Crippen molar-refractivity contribution in [2.24, 2.45) is 5.92 Å². The van der Waals surface area contributed by atoms with Gasteiger partial charge in [-0.25, -0.2) is 0 Å². The number of nitrogens with zero attached hydrogens (tertiary/aromatic N) is 3. The van der Waals surface area contributed by atoms with Crippen LogP contribution in [0.15, 0.2) is 30.3 Å². The summed E-state index contributed by atoms with van der Waals surface area (Å²) >= 11 is 6.16. The van der Waals surface area contributed by atoms with Crippen molar-refractivity contribution in [3.05, 3.63) is 35.6 Å². The Kier molecular flexibility index (Phi) is 4.02. The van der Waals surface area contributed by atoms with Crippen LogP contribution < -0.4 is 0 Å². The molecule has 2 aromatic rings. The molecule has 1 aromatic heterocycles. The molecular weight excluding hydrogens is 246 g/mol. The van der Waals surface area contributed by atoms with E-state index in [0.29, 0.717) is 17.2 Å². The fourth-order valence-electron chi connectivity index (χ4n) is 2.23. The molecule has 0 amide bonds. The van der Waals surface area contributed by atoms with Gasteiger partial charge in [-0.1, -0.05) is 44.2 Å². The second kappa shape index (κ2) is 5.53.